The van der Waals surface area contributed by atoms with Crippen LogP contribution in [0.3, 0.4) is 0 Å². The molecule has 4 aromatic rings. The normalized spacial score (nSPS) is 21.2. The fraction of sp³-hybridized carbons (Fsp3) is 0.333. The van der Waals surface area contributed by atoms with Gasteiger partial charge in [0.25, 0.3) is 0 Å². The first-order valence-corrected chi connectivity index (χ1v) is 10.4. The van der Waals surface area contributed by atoms with Crippen LogP contribution in [0.4, 0.5) is 4.39 Å². The van der Waals surface area contributed by atoms with Crippen LogP contribution in [0.15, 0.2) is 36.5 Å². The Balaban J connectivity index is 1.82. The molecule has 0 aliphatic heterocycles. The molecule has 2 aromatic heterocycles. The topological polar surface area (TPSA) is 91.1 Å². The van der Waals surface area contributed by atoms with Crippen LogP contribution in [-0.4, -0.2) is 36.5 Å². The molecule has 1 saturated carbocycles. The van der Waals surface area contributed by atoms with E-state index in [-0.39, 0.29) is 30.5 Å². The van der Waals surface area contributed by atoms with E-state index in [0.29, 0.717) is 5.56 Å². The Kier molecular flexibility index (Phi) is 4.24. The van der Waals surface area contributed by atoms with E-state index in [1.807, 2.05) is 12.1 Å². The Morgan fingerprint density at radius 3 is 2.68 bits per heavy atom. The van der Waals surface area contributed by atoms with Gasteiger partial charge >= 0.3 is 5.97 Å². The summed E-state index contributed by atoms with van der Waals surface area (Å²) in [6.45, 7) is 5.94. The van der Waals surface area contributed by atoms with Crippen molar-refractivity contribution < 1.29 is 19.4 Å². The van der Waals surface area contributed by atoms with Gasteiger partial charge in [0.15, 0.2) is 5.60 Å². The molecule has 0 unspecified atom stereocenters. The van der Waals surface area contributed by atoms with Crippen molar-refractivity contribution >= 4 is 27.8 Å². The molecule has 5 rings (SSSR count). The Hall–Kier alpha value is -3.19. The van der Waals surface area contributed by atoms with Gasteiger partial charge in [0.2, 0.25) is 0 Å². The van der Waals surface area contributed by atoms with E-state index in [9.17, 15) is 19.4 Å². The number of nitrogens with one attached hydrogen (secondary N) is 1. The minimum Gasteiger partial charge on any atom is -0.479 e. The highest BCUT2D eigenvalue weighted by Gasteiger charge is 2.51. The molecule has 0 spiro atoms. The maximum absolute atomic E-state index is 14.0. The molecule has 6 nitrogen and oxygen atoms in total. The number of aliphatic hydroxyl groups is 1. The molecule has 1 aliphatic carbocycles. The van der Waals surface area contributed by atoms with Gasteiger partial charge in [-0.3, -0.25) is 5.10 Å². The predicted molar refractivity (Wildman–Crippen MR) is 116 cm³/mol. The van der Waals surface area contributed by atoms with E-state index in [4.69, 9.17) is 0 Å². The lowest BCUT2D eigenvalue weighted by atomic mass is 9.67. The summed E-state index contributed by atoms with van der Waals surface area (Å²) in [5.41, 5.74) is 3.69. The lowest BCUT2D eigenvalue weighted by Crippen LogP contribution is -2.49. The van der Waals surface area contributed by atoms with E-state index >= 15 is 0 Å². The van der Waals surface area contributed by atoms with Crippen molar-refractivity contribution in [2.45, 2.75) is 51.0 Å². The van der Waals surface area contributed by atoms with Crippen molar-refractivity contribution in [1.29, 1.82) is 0 Å². The van der Waals surface area contributed by atoms with Crippen LogP contribution in [0.5, 0.6) is 0 Å². The zero-order valence-corrected chi connectivity index (χ0v) is 17.6. The molecule has 0 saturated heterocycles. The maximum Gasteiger partial charge on any atom is 0.335 e. The third-order valence-electron chi connectivity index (χ3n) is 6.53. The average molecular weight is 421 g/mol. The monoisotopic (exact) mass is 421 g/mol. The molecule has 3 N–H and O–H groups in total. The smallest absolute Gasteiger partial charge is 0.335 e. The molecule has 2 heterocycles. The number of hydrogen-bond donors (Lipinski definition) is 3. The number of carboxylic acids is 1. The van der Waals surface area contributed by atoms with Gasteiger partial charge in [-0.2, -0.15) is 5.10 Å². The van der Waals surface area contributed by atoms with Crippen molar-refractivity contribution in [3.05, 3.63) is 59.2 Å². The lowest BCUT2D eigenvalue weighted by molar-refractivity contribution is -0.169. The lowest BCUT2D eigenvalue weighted by Gasteiger charge is -2.41. The van der Waals surface area contributed by atoms with Gasteiger partial charge in [0, 0.05) is 22.2 Å². The highest BCUT2D eigenvalue weighted by atomic mass is 19.1. The Morgan fingerprint density at radius 2 is 2.03 bits per heavy atom. The average Bonchev–Trinajstić information content (AvgIpc) is 3.27. The SMILES string of the molecule is Cc1cc(-n2c(C(C)C)c([C@H]3C[C@](O)(C(=O)O)C3)c3cc4[nH]ncc4cc32)ccc1F. The van der Waals surface area contributed by atoms with Gasteiger partial charge in [-0.25, -0.2) is 9.18 Å². The summed E-state index contributed by atoms with van der Waals surface area (Å²) in [5, 5.41) is 28.9. The molecule has 2 aromatic carbocycles. The standard InChI is InChI=1S/C24H24FN3O3/c1-12(2)22-21(15-9-24(31,10-15)23(29)30)17-8-19-14(11-26-27-19)7-20(17)28(22)16-4-5-18(25)13(3)6-16/h4-8,11-12,15,31H,9-10H2,1-3H3,(H,26,27)(H,29,30)/t15-,24+. The summed E-state index contributed by atoms with van der Waals surface area (Å²) in [5.74, 6) is -1.38. The van der Waals surface area contributed by atoms with Crippen molar-refractivity contribution in [2.24, 2.45) is 0 Å². The molecule has 0 radical (unpaired) electrons. The number of carbonyl (C=O) groups is 1. The fourth-order valence-corrected chi connectivity index (χ4v) is 4.95. The first-order chi connectivity index (χ1) is 14.7. The molecule has 0 atom stereocenters. The molecule has 1 aliphatic rings. The largest absolute Gasteiger partial charge is 0.479 e. The van der Waals surface area contributed by atoms with E-state index in [1.165, 1.54) is 6.07 Å². The van der Waals surface area contributed by atoms with E-state index in [1.54, 1.807) is 19.2 Å². The second kappa shape index (κ2) is 6.65. The van der Waals surface area contributed by atoms with Crippen LogP contribution in [0.2, 0.25) is 0 Å². The van der Waals surface area contributed by atoms with Crippen LogP contribution in [-0.2, 0) is 4.79 Å². The number of benzene rings is 2. The Bertz CT molecular complexity index is 1350. The summed E-state index contributed by atoms with van der Waals surface area (Å²) < 4.78 is 16.2. The van der Waals surface area contributed by atoms with Gasteiger partial charge in [-0.1, -0.05) is 13.8 Å². The first kappa shape index (κ1) is 19.8. The van der Waals surface area contributed by atoms with Crippen LogP contribution in [0.25, 0.3) is 27.5 Å². The van der Waals surface area contributed by atoms with E-state index in [2.05, 4.69) is 34.7 Å². The zero-order chi connectivity index (χ0) is 22.1. The van der Waals surface area contributed by atoms with Crippen LogP contribution in [0, 0.1) is 12.7 Å². The number of aromatic amines is 1. The number of carboxylic acid groups (broad SMARTS) is 1. The number of hydrogen-bond acceptors (Lipinski definition) is 3. The number of H-pyrrole nitrogens is 1. The molecule has 160 valence electrons. The van der Waals surface area contributed by atoms with Gasteiger partial charge in [0.1, 0.15) is 5.82 Å². The highest BCUT2D eigenvalue weighted by molar-refractivity contribution is 5.99. The molecular formula is C24H24FN3O3. The number of aryl methyl sites for hydroxylation is 1. The third kappa shape index (κ3) is 2.87. The number of halogens is 1. The first-order valence-electron chi connectivity index (χ1n) is 10.4. The summed E-state index contributed by atoms with van der Waals surface area (Å²) in [7, 11) is 0. The van der Waals surface area contributed by atoms with Gasteiger partial charge in [-0.05, 0) is 73.1 Å². The molecule has 31 heavy (non-hydrogen) atoms. The van der Waals surface area contributed by atoms with Crippen LogP contribution >= 0.6 is 0 Å². The second-order valence-corrected chi connectivity index (χ2v) is 8.99. The second-order valence-electron chi connectivity index (χ2n) is 8.99. The Labute approximate surface area is 178 Å². The highest BCUT2D eigenvalue weighted by Crippen LogP contribution is 2.51. The third-order valence-corrected chi connectivity index (χ3v) is 6.53. The molecular weight excluding hydrogens is 397 g/mol. The summed E-state index contributed by atoms with van der Waals surface area (Å²) in [6.07, 6.45) is 2.11. The van der Waals surface area contributed by atoms with Crippen molar-refractivity contribution in [1.82, 2.24) is 14.8 Å². The van der Waals surface area contributed by atoms with Crippen molar-refractivity contribution in [3.63, 3.8) is 0 Å². The van der Waals surface area contributed by atoms with Crippen LogP contribution in [0.1, 0.15) is 55.3 Å². The van der Waals surface area contributed by atoms with Crippen LogP contribution < -0.4 is 0 Å². The molecule has 1 fully saturated rings. The molecule has 0 amide bonds. The van der Waals surface area contributed by atoms with E-state index in [0.717, 1.165) is 38.8 Å². The van der Waals surface area contributed by atoms with Crippen molar-refractivity contribution in [3.8, 4) is 5.69 Å². The summed E-state index contributed by atoms with van der Waals surface area (Å²) >= 11 is 0. The number of fused-ring (bicyclic) bond motifs is 2. The maximum atomic E-state index is 14.0. The molecule has 0 bridgehead atoms. The summed E-state index contributed by atoms with van der Waals surface area (Å²) in [4.78, 5) is 11.5. The fourth-order valence-electron chi connectivity index (χ4n) is 4.95. The van der Waals surface area contributed by atoms with Gasteiger partial charge < -0.3 is 14.8 Å². The van der Waals surface area contributed by atoms with E-state index < -0.39 is 11.6 Å². The number of rotatable bonds is 4. The quantitative estimate of drug-likeness (QED) is 0.443. The number of nitrogens with zero attached hydrogens (tertiary/aromatic N) is 2. The van der Waals surface area contributed by atoms with Crippen molar-refractivity contribution in [2.75, 3.05) is 0 Å². The van der Waals surface area contributed by atoms with Gasteiger partial charge in [0.05, 0.1) is 17.2 Å². The number of aliphatic carboxylic acids is 1. The minimum atomic E-state index is -1.68. The number of aromatic nitrogens is 3. The zero-order valence-electron chi connectivity index (χ0n) is 17.6. The summed E-state index contributed by atoms with van der Waals surface area (Å²) in [6, 6.07) is 9.18. The minimum absolute atomic E-state index is 0.0795. The predicted octanol–water partition coefficient (Wildman–Crippen LogP) is 4.77. The molecule has 7 heteroatoms. The Morgan fingerprint density at radius 1 is 1.29 bits per heavy atom. The van der Waals surface area contributed by atoms with Gasteiger partial charge in [-0.15, -0.1) is 0 Å².